The molecule has 2 aliphatic rings. The number of aromatic nitrogens is 1. The second kappa shape index (κ2) is 5.71. The van der Waals surface area contributed by atoms with E-state index in [9.17, 15) is 9.90 Å². The number of carbonyl (C=O) groups is 1. The van der Waals surface area contributed by atoms with Crippen molar-refractivity contribution < 1.29 is 9.90 Å². The first-order valence-electron chi connectivity index (χ1n) is 8.54. The van der Waals surface area contributed by atoms with Gasteiger partial charge < -0.3 is 10.4 Å². The van der Waals surface area contributed by atoms with Crippen LogP contribution >= 0.6 is 11.6 Å². The van der Waals surface area contributed by atoms with Crippen LogP contribution in [0.5, 0.6) is 0 Å². The number of amides is 1. The number of hydrogen-bond acceptors (Lipinski definition) is 3. The normalized spacial score (nSPS) is 26.7. The van der Waals surface area contributed by atoms with Gasteiger partial charge in [0, 0.05) is 22.6 Å². The third-order valence-electron chi connectivity index (χ3n) is 5.31. The van der Waals surface area contributed by atoms with Crippen molar-refractivity contribution in [1.29, 1.82) is 0 Å². The van der Waals surface area contributed by atoms with Gasteiger partial charge in [-0.2, -0.15) is 0 Å². The second-order valence-electron chi connectivity index (χ2n) is 7.49. The van der Waals surface area contributed by atoms with E-state index in [-0.39, 0.29) is 11.9 Å². The van der Waals surface area contributed by atoms with Crippen LogP contribution in [0.25, 0.3) is 10.9 Å². The molecule has 1 aromatic carbocycles. The number of rotatable bonds is 3. The Morgan fingerprint density at radius 2 is 2.08 bits per heavy atom. The van der Waals surface area contributed by atoms with E-state index in [0.29, 0.717) is 24.3 Å². The third kappa shape index (κ3) is 2.89. The molecule has 0 spiro atoms. The molecule has 0 saturated heterocycles. The standard InChI is InChI=1S/C19H21ClN2O2/c1-19(24)8-14(9-19)22-18(23)13-5-12-6-16(20)15(11-3-2-4-11)7-17(12)21-10-13/h5-7,10-11,14,24H,2-4,8-9H2,1H3,(H,22,23). The highest BCUT2D eigenvalue weighted by molar-refractivity contribution is 6.32. The van der Waals surface area contributed by atoms with Gasteiger partial charge in [0.15, 0.2) is 0 Å². The monoisotopic (exact) mass is 344 g/mol. The fourth-order valence-electron chi connectivity index (χ4n) is 3.69. The van der Waals surface area contributed by atoms with E-state index in [4.69, 9.17) is 11.6 Å². The number of aliphatic hydroxyl groups is 1. The lowest BCUT2D eigenvalue weighted by Crippen LogP contribution is -2.53. The van der Waals surface area contributed by atoms with Crippen LogP contribution in [0.3, 0.4) is 0 Å². The van der Waals surface area contributed by atoms with Crippen LogP contribution < -0.4 is 5.32 Å². The van der Waals surface area contributed by atoms with Crippen LogP contribution in [0.4, 0.5) is 0 Å². The average Bonchev–Trinajstić information content (AvgIpc) is 2.43. The summed E-state index contributed by atoms with van der Waals surface area (Å²) in [5, 5.41) is 14.4. The van der Waals surface area contributed by atoms with Gasteiger partial charge in [0.1, 0.15) is 0 Å². The van der Waals surface area contributed by atoms with Gasteiger partial charge in [-0.3, -0.25) is 9.78 Å². The molecule has 5 heteroatoms. The van der Waals surface area contributed by atoms with Crippen molar-refractivity contribution >= 4 is 28.4 Å². The molecule has 0 atom stereocenters. The zero-order valence-electron chi connectivity index (χ0n) is 13.7. The van der Waals surface area contributed by atoms with E-state index in [0.717, 1.165) is 15.9 Å². The van der Waals surface area contributed by atoms with Gasteiger partial charge >= 0.3 is 0 Å². The number of nitrogens with zero attached hydrogens (tertiary/aromatic N) is 1. The molecule has 2 aromatic rings. The van der Waals surface area contributed by atoms with E-state index < -0.39 is 5.60 Å². The first-order chi connectivity index (χ1) is 11.4. The van der Waals surface area contributed by atoms with Crippen LogP contribution in [0, 0.1) is 0 Å². The SMILES string of the molecule is CC1(O)CC(NC(=O)c2cnc3cc(C4CCC4)c(Cl)cc3c2)C1. The first kappa shape index (κ1) is 15.9. The zero-order valence-corrected chi connectivity index (χ0v) is 14.4. The van der Waals surface area contributed by atoms with Crippen LogP contribution in [-0.4, -0.2) is 27.6 Å². The Morgan fingerprint density at radius 1 is 1.33 bits per heavy atom. The fourth-order valence-corrected chi connectivity index (χ4v) is 4.02. The highest BCUT2D eigenvalue weighted by atomic mass is 35.5. The Labute approximate surface area is 146 Å². The summed E-state index contributed by atoms with van der Waals surface area (Å²) >= 11 is 6.43. The Kier molecular flexibility index (Phi) is 3.77. The van der Waals surface area contributed by atoms with Crippen LogP contribution in [-0.2, 0) is 0 Å². The number of pyridine rings is 1. The predicted molar refractivity (Wildman–Crippen MR) is 94.5 cm³/mol. The van der Waals surface area contributed by atoms with Gasteiger partial charge in [0.25, 0.3) is 5.91 Å². The summed E-state index contributed by atoms with van der Waals surface area (Å²) in [5.74, 6) is 0.405. The summed E-state index contributed by atoms with van der Waals surface area (Å²) < 4.78 is 0. The van der Waals surface area contributed by atoms with Crippen molar-refractivity contribution in [3.05, 3.63) is 40.5 Å². The van der Waals surface area contributed by atoms with E-state index >= 15 is 0 Å². The summed E-state index contributed by atoms with van der Waals surface area (Å²) in [6.45, 7) is 1.79. The van der Waals surface area contributed by atoms with Crippen molar-refractivity contribution in [1.82, 2.24) is 10.3 Å². The van der Waals surface area contributed by atoms with Gasteiger partial charge in [-0.1, -0.05) is 18.0 Å². The molecular weight excluding hydrogens is 324 g/mol. The summed E-state index contributed by atoms with van der Waals surface area (Å²) in [7, 11) is 0. The minimum Gasteiger partial charge on any atom is -0.390 e. The Hall–Kier alpha value is -1.65. The maximum absolute atomic E-state index is 12.4. The molecule has 4 rings (SSSR count). The first-order valence-corrected chi connectivity index (χ1v) is 8.91. The molecule has 2 N–H and O–H groups in total. The molecule has 2 fully saturated rings. The van der Waals surface area contributed by atoms with Gasteiger partial charge in [0.05, 0.1) is 16.7 Å². The molecular formula is C19H21ClN2O2. The minimum absolute atomic E-state index is 0.0350. The second-order valence-corrected chi connectivity index (χ2v) is 7.90. The lowest BCUT2D eigenvalue weighted by Gasteiger charge is -2.41. The average molecular weight is 345 g/mol. The van der Waals surface area contributed by atoms with E-state index in [1.165, 1.54) is 24.8 Å². The zero-order chi connectivity index (χ0) is 16.9. The van der Waals surface area contributed by atoms with Crippen molar-refractivity contribution in [2.75, 3.05) is 0 Å². The number of hydrogen-bond donors (Lipinski definition) is 2. The van der Waals surface area contributed by atoms with E-state index in [1.54, 1.807) is 13.1 Å². The number of halogens is 1. The van der Waals surface area contributed by atoms with E-state index in [1.807, 2.05) is 12.1 Å². The predicted octanol–water partition coefficient (Wildman–Crippen LogP) is 3.80. The lowest BCUT2D eigenvalue weighted by atomic mass is 9.77. The summed E-state index contributed by atoms with van der Waals surface area (Å²) in [5.41, 5.74) is 1.94. The molecule has 0 unspecified atom stereocenters. The molecule has 0 bridgehead atoms. The molecule has 1 aromatic heterocycles. The highest BCUT2D eigenvalue weighted by Crippen LogP contribution is 2.41. The lowest BCUT2D eigenvalue weighted by molar-refractivity contribution is -0.0366. The van der Waals surface area contributed by atoms with Crippen molar-refractivity contribution in [2.24, 2.45) is 0 Å². The quantitative estimate of drug-likeness (QED) is 0.890. The summed E-state index contributed by atoms with van der Waals surface area (Å²) in [6, 6.07) is 5.85. The molecule has 24 heavy (non-hydrogen) atoms. The highest BCUT2D eigenvalue weighted by Gasteiger charge is 2.39. The number of carbonyl (C=O) groups excluding carboxylic acids is 1. The Morgan fingerprint density at radius 3 is 2.71 bits per heavy atom. The molecule has 2 saturated carbocycles. The summed E-state index contributed by atoms with van der Waals surface area (Å²) in [4.78, 5) is 16.8. The molecule has 0 radical (unpaired) electrons. The molecule has 1 heterocycles. The van der Waals surface area contributed by atoms with Crippen LogP contribution in [0.2, 0.25) is 5.02 Å². The van der Waals surface area contributed by atoms with Gasteiger partial charge in [-0.15, -0.1) is 0 Å². The maximum Gasteiger partial charge on any atom is 0.253 e. The van der Waals surface area contributed by atoms with Gasteiger partial charge in [-0.05, 0) is 62.3 Å². The maximum atomic E-state index is 12.4. The van der Waals surface area contributed by atoms with Gasteiger partial charge in [0.2, 0.25) is 0 Å². The number of benzene rings is 1. The summed E-state index contributed by atoms with van der Waals surface area (Å²) in [6.07, 6.45) is 6.45. The van der Waals surface area contributed by atoms with E-state index in [2.05, 4.69) is 16.4 Å². The Balaban J connectivity index is 1.55. The smallest absolute Gasteiger partial charge is 0.253 e. The Bertz CT molecular complexity index is 806. The fraction of sp³-hybridized carbons (Fsp3) is 0.474. The molecule has 1 amide bonds. The van der Waals surface area contributed by atoms with Crippen LogP contribution in [0.1, 0.15) is 60.9 Å². The molecule has 126 valence electrons. The number of fused-ring (bicyclic) bond motifs is 1. The molecule has 2 aliphatic carbocycles. The molecule has 0 aliphatic heterocycles. The largest absolute Gasteiger partial charge is 0.390 e. The minimum atomic E-state index is -0.648. The number of nitrogens with one attached hydrogen (secondary N) is 1. The van der Waals surface area contributed by atoms with Crippen LogP contribution in [0.15, 0.2) is 24.4 Å². The van der Waals surface area contributed by atoms with Crippen molar-refractivity contribution in [2.45, 2.75) is 56.6 Å². The van der Waals surface area contributed by atoms with Crippen molar-refractivity contribution in [3.63, 3.8) is 0 Å². The van der Waals surface area contributed by atoms with Crippen molar-refractivity contribution in [3.8, 4) is 0 Å². The topological polar surface area (TPSA) is 62.2 Å². The molecule has 4 nitrogen and oxygen atoms in total. The van der Waals surface area contributed by atoms with Gasteiger partial charge in [-0.25, -0.2) is 0 Å². The third-order valence-corrected chi connectivity index (χ3v) is 5.64.